The Balaban J connectivity index is 1.64. The molecule has 24 heavy (non-hydrogen) atoms. The average Bonchev–Trinajstić information content (AvgIpc) is 3.40. The van der Waals surface area contributed by atoms with Crippen LogP contribution < -0.4 is 10.1 Å². The second-order valence-electron chi connectivity index (χ2n) is 6.09. The second kappa shape index (κ2) is 7.22. The molecule has 0 radical (unpaired) electrons. The number of ether oxygens (including phenoxy) is 1. The Morgan fingerprint density at radius 2 is 1.79 bits per heavy atom. The topological polar surface area (TPSA) is 38.3 Å². The predicted octanol–water partition coefficient (Wildman–Crippen LogP) is 4.51. The highest BCUT2D eigenvalue weighted by Crippen LogP contribution is 2.41. The smallest absolute Gasteiger partial charge is 0.261 e. The fraction of sp³-hybridized carbons (Fsp3) is 0.316. The molecule has 2 unspecified atom stereocenters. The van der Waals surface area contributed by atoms with Crippen molar-refractivity contribution in [1.29, 1.82) is 0 Å². The number of amides is 1. The van der Waals surface area contributed by atoms with Gasteiger partial charge in [0.2, 0.25) is 0 Å². The highest BCUT2D eigenvalue weighted by Gasteiger charge is 2.34. The molecule has 0 spiro atoms. The second-order valence-corrected chi connectivity index (χ2v) is 6.53. The van der Waals surface area contributed by atoms with E-state index in [1.54, 1.807) is 6.92 Å². The maximum Gasteiger partial charge on any atom is 0.261 e. The van der Waals surface area contributed by atoms with Crippen LogP contribution >= 0.6 is 11.6 Å². The standard InChI is InChI=1S/C19H19ClFNO2/c1-12(24-17-10-8-16(21)9-11-17)19(23)22-18(13-2-3-13)14-4-6-15(20)7-5-14/h4-13,18H,2-3H2,1H3,(H,22,23). The summed E-state index contributed by atoms with van der Waals surface area (Å²) in [6, 6.07) is 13.1. The van der Waals surface area contributed by atoms with Gasteiger partial charge in [0.15, 0.2) is 6.10 Å². The van der Waals surface area contributed by atoms with Gasteiger partial charge in [-0.1, -0.05) is 23.7 Å². The number of nitrogens with one attached hydrogen (secondary N) is 1. The molecule has 126 valence electrons. The minimum absolute atomic E-state index is 0.0333. The van der Waals surface area contributed by atoms with Gasteiger partial charge in [-0.05, 0) is 67.6 Å². The maximum absolute atomic E-state index is 12.9. The van der Waals surface area contributed by atoms with E-state index in [1.165, 1.54) is 24.3 Å². The molecule has 5 heteroatoms. The van der Waals surface area contributed by atoms with Gasteiger partial charge in [-0.2, -0.15) is 0 Å². The van der Waals surface area contributed by atoms with Crippen LogP contribution in [0.2, 0.25) is 5.02 Å². The van der Waals surface area contributed by atoms with E-state index in [-0.39, 0.29) is 17.8 Å². The van der Waals surface area contributed by atoms with Crippen LogP contribution in [-0.2, 0) is 4.79 Å². The van der Waals surface area contributed by atoms with E-state index in [0.717, 1.165) is 18.4 Å². The Bertz CT molecular complexity index is 698. The molecule has 2 atom stereocenters. The van der Waals surface area contributed by atoms with E-state index in [2.05, 4.69) is 5.32 Å². The maximum atomic E-state index is 12.9. The Labute approximate surface area is 145 Å². The van der Waals surface area contributed by atoms with Gasteiger partial charge in [-0.25, -0.2) is 4.39 Å². The van der Waals surface area contributed by atoms with Gasteiger partial charge < -0.3 is 10.1 Å². The zero-order valence-corrected chi connectivity index (χ0v) is 14.1. The molecule has 0 heterocycles. The highest BCUT2D eigenvalue weighted by atomic mass is 35.5. The van der Waals surface area contributed by atoms with E-state index in [4.69, 9.17) is 16.3 Å². The molecule has 0 bridgehead atoms. The lowest BCUT2D eigenvalue weighted by molar-refractivity contribution is -0.128. The summed E-state index contributed by atoms with van der Waals surface area (Å²) in [6.07, 6.45) is 1.53. The van der Waals surface area contributed by atoms with Crippen molar-refractivity contribution in [2.24, 2.45) is 5.92 Å². The first-order valence-electron chi connectivity index (χ1n) is 8.01. The first-order valence-corrected chi connectivity index (χ1v) is 8.39. The fourth-order valence-electron chi connectivity index (χ4n) is 2.61. The van der Waals surface area contributed by atoms with Crippen molar-refractivity contribution in [3.8, 4) is 5.75 Å². The highest BCUT2D eigenvalue weighted by molar-refractivity contribution is 6.30. The minimum atomic E-state index is -0.663. The van der Waals surface area contributed by atoms with Gasteiger partial charge in [-0.3, -0.25) is 4.79 Å². The summed E-state index contributed by atoms with van der Waals surface area (Å²) in [7, 11) is 0. The number of carbonyl (C=O) groups excluding carboxylic acids is 1. The molecule has 3 nitrogen and oxygen atoms in total. The van der Waals surface area contributed by atoms with Crippen LogP contribution in [0.25, 0.3) is 0 Å². The van der Waals surface area contributed by atoms with Crippen LogP contribution in [0.5, 0.6) is 5.75 Å². The number of carbonyl (C=O) groups is 1. The summed E-state index contributed by atoms with van der Waals surface area (Å²) in [5, 5.41) is 3.74. The van der Waals surface area contributed by atoms with Crippen molar-refractivity contribution < 1.29 is 13.9 Å². The molecule has 0 aliphatic heterocycles. The van der Waals surface area contributed by atoms with Gasteiger partial charge in [0.25, 0.3) is 5.91 Å². The molecule has 2 aromatic rings. The van der Waals surface area contributed by atoms with Gasteiger partial charge in [-0.15, -0.1) is 0 Å². The van der Waals surface area contributed by atoms with E-state index in [9.17, 15) is 9.18 Å². The monoisotopic (exact) mass is 347 g/mol. The molecule has 1 saturated carbocycles. The summed E-state index contributed by atoms with van der Waals surface area (Å²) in [5.41, 5.74) is 1.05. The summed E-state index contributed by atoms with van der Waals surface area (Å²) in [6.45, 7) is 1.69. The van der Waals surface area contributed by atoms with Crippen LogP contribution in [0, 0.1) is 11.7 Å². The number of hydrogen-bond acceptors (Lipinski definition) is 2. The Morgan fingerprint density at radius 1 is 1.17 bits per heavy atom. The summed E-state index contributed by atoms with van der Waals surface area (Å²) in [4.78, 5) is 12.5. The number of benzene rings is 2. The minimum Gasteiger partial charge on any atom is -0.481 e. The lowest BCUT2D eigenvalue weighted by atomic mass is 10.0. The number of rotatable bonds is 6. The predicted molar refractivity (Wildman–Crippen MR) is 91.5 cm³/mol. The summed E-state index contributed by atoms with van der Waals surface area (Å²) < 4.78 is 18.5. The van der Waals surface area contributed by atoms with Crippen molar-refractivity contribution in [2.45, 2.75) is 31.9 Å². The largest absolute Gasteiger partial charge is 0.481 e. The Hall–Kier alpha value is -2.07. The Kier molecular flexibility index (Phi) is 5.05. The quantitative estimate of drug-likeness (QED) is 0.834. The van der Waals surface area contributed by atoms with E-state index >= 15 is 0 Å². The zero-order chi connectivity index (χ0) is 17.1. The lowest BCUT2D eigenvalue weighted by Crippen LogP contribution is -2.39. The third-order valence-corrected chi connectivity index (χ3v) is 4.37. The first kappa shape index (κ1) is 16.8. The molecule has 3 rings (SSSR count). The normalized spacial score (nSPS) is 16.3. The molecule has 1 fully saturated rings. The number of hydrogen-bond donors (Lipinski definition) is 1. The van der Waals surface area contributed by atoms with E-state index in [1.807, 2.05) is 24.3 Å². The molecule has 0 saturated heterocycles. The summed E-state index contributed by atoms with van der Waals surface area (Å²) in [5.74, 6) is 0.392. The SMILES string of the molecule is CC(Oc1ccc(F)cc1)C(=O)NC(c1ccc(Cl)cc1)C1CC1. The van der Waals surface area contributed by atoms with Crippen LogP contribution in [0.4, 0.5) is 4.39 Å². The molecule has 1 N–H and O–H groups in total. The van der Waals surface area contributed by atoms with Gasteiger partial charge in [0.05, 0.1) is 6.04 Å². The third kappa shape index (κ3) is 4.26. The molecular formula is C19H19ClFNO2. The van der Waals surface area contributed by atoms with Crippen molar-refractivity contribution in [1.82, 2.24) is 5.32 Å². The molecule has 1 aliphatic rings. The third-order valence-electron chi connectivity index (χ3n) is 4.12. The first-order chi connectivity index (χ1) is 11.5. The molecule has 2 aromatic carbocycles. The number of halogens is 2. The fourth-order valence-corrected chi connectivity index (χ4v) is 2.74. The molecule has 1 aliphatic carbocycles. The van der Waals surface area contributed by atoms with Gasteiger partial charge >= 0.3 is 0 Å². The van der Waals surface area contributed by atoms with Crippen LogP contribution in [0.15, 0.2) is 48.5 Å². The van der Waals surface area contributed by atoms with Crippen molar-refractivity contribution in [3.63, 3.8) is 0 Å². The molecular weight excluding hydrogens is 329 g/mol. The zero-order valence-electron chi connectivity index (χ0n) is 13.3. The average molecular weight is 348 g/mol. The van der Waals surface area contributed by atoms with Crippen LogP contribution in [0.1, 0.15) is 31.4 Å². The van der Waals surface area contributed by atoms with Gasteiger partial charge in [0.1, 0.15) is 11.6 Å². The molecule has 1 amide bonds. The van der Waals surface area contributed by atoms with Crippen molar-refractivity contribution in [2.75, 3.05) is 0 Å². The van der Waals surface area contributed by atoms with Crippen molar-refractivity contribution in [3.05, 3.63) is 64.9 Å². The Morgan fingerprint density at radius 3 is 2.38 bits per heavy atom. The van der Waals surface area contributed by atoms with Crippen molar-refractivity contribution >= 4 is 17.5 Å². The molecule has 0 aromatic heterocycles. The van der Waals surface area contributed by atoms with Crippen LogP contribution in [-0.4, -0.2) is 12.0 Å². The van der Waals surface area contributed by atoms with E-state index in [0.29, 0.717) is 16.7 Å². The summed E-state index contributed by atoms with van der Waals surface area (Å²) >= 11 is 5.94. The van der Waals surface area contributed by atoms with Crippen LogP contribution in [0.3, 0.4) is 0 Å². The van der Waals surface area contributed by atoms with E-state index < -0.39 is 6.10 Å². The lowest BCUT2D eigenvalue weighted by Gasteiger charge is -2.22. The van der Waals surface area contributed by atoms with Gasteiger partial charge in [0, 0.05) is 5.02 Å².